The topological polar surface area (TPSA) is 96.0 Å². The van der Waals surface area contributed by atoms with E-state index in [-0.39, 0.29) is 41.1 Å². The zero-order chi connectivity index (χ0) is 35.0. The quantitative estimate of drug-likeness (QED) is 0.149. The van der Waals surface area contributed by atoms with Crippen LogP contribution in [0.5, 0.6) is 5.75 Å². The number of nitrogens with one attached hydrogen (secondary N) is 1. The van der Waals surface area contributed by atoms with Crippen LogP contribution in [0, 0.1) is 19.8 Å². The number of carbonyl (C=O) groups is 2. The first-order valence-electron chi connectivity index (χ1n) is 15.6. The summed E-state index contributed by atoms with van der Waals surface area (Å²) < 4.78 is 35.4. The lowest BCUT2D eigenvalue weighted by Gasteiger charge is -2.34. The highest BCUT2D eigenvalue weighted by Gasteiger charge is 2.36. The number of anilines is 1. The van der Waals surface area contributed by atoms with Crippen molar-refractivity contribution < 1.29 is 22.7 Å². The molecule has 254 valence electrons. The fraction of sp³-hybridized carbons (Fsp3) is 0.297. The molecule has 4 aromatic rings. The average molecular weight is 711 g/mol. The van der Waals surface area contributed by atoms with E-state index in [1.807, 2.05) is 58.0 Å². The molecular formula is C37H41Cl2N3O5S. The number of ether oxygens (including phenoxy) is 1. The summed E-state index contributed by atoms with van der Waals surface area (Å²) in [5, 5.41) is 3.60. The minimum absolute atomic E-state index is 0.000620. The first-order chi connectivity index (χ1) is 22.8. The number of carbonyl (C=O) groups excluding carboxylic acids is 2. The van der Waals surface area contributed by atoms with Gasteiger partial charge < -0.3 is 15.0 Å². The second-order valence-corrected chi connectivity index (χ2v) is 14.7. The number of rotatable bonds is 14. The van der Waals surface area contributed by atoms with Crippen molar-refractivity contribution in [2.24, 2.45) is 5.92 Å². The van der Waals surface area contributed by atoms with Gasteiger partial charge in [-0.2, -0.15) is 0 Å². The van der Waals surface area contributed by atoms with Gasteiger partial charge in [0.1, 0.15) is 18.3 Å². The lowest BCUT2D eigenvalue weighted by atomic mass is 10.0. The minimum atomic E-state index is -4.31. The predicted octanol–water partition coefficient (Wildman–Crippen LogP) is 7.23. The summed E-state index contributed by atoms with van der Waals surface area (Å²) in [5.74, 6) is -0.603. The Morgan fingerprint density at radius 3 is 2.08 bits per heavy atom. The summed E-state index contributed by atoms with van der Waals surface area (Å²) in [6.07, 6.45) is 0.164. The molecule has 4 aromatic carbocycles. The summed E-state index contributed by atoms with van der Waals surface area (Å²) in [6, 6.07) is 24.8. The fourth-order valence-corrected chi connectivity index (χ4v) is 7.11. The van der Waals surface area contributed by atoms with Gasteiger partial charge in [0.15, 0.2) is 0 Å². The van der Waals surface area contributed by atoms with E-state index in [0.29, 0.717) is 22.2 Å². The molecule has 1 unspecified atom stereocenters. The van der Waals surface area contributed by atoms with Crippen LogP contribution in [-0.4, -0.2) is 51.4 Å². The minimum Gasteiger partial charge on any atom is -0.495 e. The van der Waals surface area contributed by atoms with E-state index in [1.54, 1.807) is 48.5 Å². The van der Waals surface area contributed by atoms with E-state index < -0.39 is 28.5 Å². The van der Waals surface area contributed by atoms with E-state index in [0.717, 1.165) is 21.0 Å². The second kappa shape index (κ2) is 16.4. The third-order valence-corrected chi connectivity index (χ3v) is 10.3. The molecule has 8 nitrogen and oxygen atoms in total. The number of sulfonamides is 1. The van der Waals surface area contributed by atoms with Crippen LogP contribution in [0.2, 0.25) is 10.0 Å². The first-order valence-corrected chi connectivity index (χ1v) is 17.8. The SMILES string of the molecule is COc1ccc(C)cc1N(CC(=O)N(Cc1c(Cl)cccc1Cl)C(Cc1ccccc1)C(=O)NCC(C)C)S(=O)(=O)c1ccc(C)cc1. The maximum absolute atomic E-state index is 14.8. The molecule has 0 bridgehead atoms. The molecule has 0 saturated heterocycles. The third kappa shape index (κ3) is 9.09. The molecule has 11 heteroatoms. The van der Waals surface area contributed by atoms with Crippen molar-refractivity contribution in [2.75, 3.05) is 24.5 Å². The van der Waals surface area contributed by atoms with Crippen molar-refractivity contribution in [3.05, 3.63) is 123 Å². The van der Waals surface area contributed by atoms with Gasteiger partial charge in [-0.3, -0.25) is 13.9 Å². The molecule has 0 aliphatic carbocycles. The Morgan fingerprint density at radius 1 is 0.854 bits per heavy atom. The summed E-state index contributed by atoms with van der Waals surface area (Å²) in [7, 11) is -2.87. The summed E-state index contributed by atoms with van der Waals surface area (Å²) in [5.41, 5.74) is 3.08. The Balaban J connectivity index is 1.88. The van der Waals surface area contributed by atoms with Crippen LogP contribution in [0.3, 0.4) is 0 Å². The molecular weight excluding hydrogens is 669 g/mol. The van der Waals surface area contributed by atoms with Crippen LogP contribution in [0.4, 0.5) is 5.69 Å². The molecule has 0 saturated carbocycles. The Kier molecular flexibility index (Phi) is 12.5. The number of aryl methyl sites for hydroxylation is 2. The number of nitrogens with zero attached hydrogens (tertiary/aromatic N) is 2. The van der Waals surface area contributed by atoms with Crippen molar-refractivity contribution in [2.45, 2.75) is 51.6 Å². The maximum atomic E-state index is 14.8. The number of hydrogen-bond acceptors (Lipinski definition) is 5. The standard InChI is InChI=1S/C37H41Cl2N3O5S/c1-25(2)22-40-37(44)34(21-28-10-7-6-8-11-28)41(23-30-31(38)12-9-13-32(30)39)36(43)24-42(33-20-27(4)16-19-35(33)47-5)48(45,46)29-17-14-26(3)15-18-29/h6-20,25,34H,21-24H2,1-5H3,(H,40,44). The largest absolute Gasteiger partial charge is 0.495 e. The lowest BCUT2D eigenvalue weighted by Crippen LogP contribution is -2.53. The highest BCUT2D eigenvalue weighted by Crippen LogP contribution is 2.34. The van der Waals surface area contributed by atoms with Gasteiger partial charge in [0, 0.05) is 35.1 Å². The molecule has 0 radical (unpaired) electrons. The second-order valence-electron chi connectivity index (χ2n) is 12.1. The zero-order valence-electron chi connectivity index (χ0n) is 27.7. The van der Waals surface area contributed by atoms with Gasteiger partial charge in [-0.05, 0) is 67.3 Å². The van der Waals surface area contributed by atoms with Gasteiger partial charge in [-0.1, -0.05) is 97.2 Å². The van der Waals surface area contributed by atoms with Crippen LogP contribution < -0.4 is 14.4 Å². The number of hydrogen-bond donors (Lipinski definition) is 1. The lowest BCUT2D eigenvalue weighted by molar-refractivity contribution is -0.140. The van der Waals surface area contributed by atoms with Gasteiger partial charge in [0.2, 0.25) is 11.8 Å². The molecule has 48 heavy (non-hydrogen) atoms. The van der Waals surface area contributed by atoms with Crippen molar-refractivity contribution in [3.63, 3.8) is 0 Å². The Morgan fingerprint density at radius 2 is 1.48 bits per heavy atom. The predicted molar refractivity (Wildman–Crippen MR) is 192 cm³/mol. The third-order valence-electron chi connectivity index (χ3n) is 7.84. The summed E-state index contributed by atoms with van der Waals surface area (Å²) in [4.78, 5) is 30.1. The fourth-order valence-electron chi connectivity index (χ4n) is 5.18. The summed E-state index contributed by atoms with van der Waals surface area (Å²) >= 11 is 13.2. The highest BCUT2D eigenvalue weighted by molar-refractivity contribution is 7.92. The van der Waals surface area contributed by atoms with Crippen molar-refractivity contribution in [1.29, 1.82) is 0 Å². The summed E-state index contributed by atoms with van der Waals surface area (Å²) in [6.45, 7) is 7.23. The number of methoxy groups -OCH3 is 1. The Bertz CT molecular complexity index is 1810. The molecule has 2 amide bonds. The average Bonchev–Trinajstić information content (AvgIpc) is 3.05. The Hall–Kier alpha value is -4.05. The monoisotopic (exact) mass is 709 g/mol. The van der Waals surface area contributed by atoms with E-state index in [4.69, 9.17) is 27.9 Å². The first kappa shape index (κ1) is 36.8. The molecule has 0 aliphatic rings. The molecule has 0 fully saturated rings. The zero-order valence-corrected chi connectivity index (χ0v) is 30.1. The number of amides is 2. The van der Waals surface area contributed by atoms with Crippen LogP contribution >= 0.6 is 23.2 Å². The van der Waals surface area contributed by atoms with Gasteiger partial charge in [-0.15, -0.1) is 0 Å². The van der Waals surface area contributed by atoms with E-state index >= 15 is 0 Å². The molecule has 0 spiro atoms. The normalized spacial score (nSPS) is 12.0. The van der Waals surface area contributed by atoms with Crippen LogP contribution in [0.15, 0.2) is 95.9 Å². The maximum Gasteiger partial charge on any atom is 0.264 e. The van der Waals surface area contributed by atoms with Crippen LogP contribution in [0.25, 0.3) is 0 Å². The van der Waals surface area contributed by atoms with Gasteiger partial charge in [-0.25, -0.2) is 8.42 Å². The van der Waals surface area contributed by atoms with E-state index in [2.05, 4.69) is 5.32 Å². The van der Waals surface area contributed by atoms with Crippen molar-refractivity contribution in [3.8, 4) is 5.75 Å². The molecule has 1 atom stereocenters. The van der Waals surface area contributed by atoms with Crippen LogP contribution in [0.1, 0.15) is 36.1 Å². The number of halogens is 2. The molecule has 0 aromatic heterocycles. The highest BCUT2D eigenvalue weighted by atomic mass is 35.5. The molecule has 1 N–H and O–H groups in total. The van der Waals surface area contributed by atoms with Gasteiger partial charge >= 0.3 is 0 Å². The Labute approximate surface area is 293 Å². The van der Waals surface area contributed by atoms with Gasteiger partial charge in [0.25, 0.3) is 10.0 Å². The van der Waals surface area contributed by atoms with E-state index in [1.165, 1.54) is 24.1 Å². The van der Waals surface area contributed by atoms with Crippen LogP contribution in [-0.2, 0) is 32.6 Å². The smallest absolute Gasteiger partial charge is 0.264 e. The van der Waals surface area contributed by atoms with E-state index in [9.17, 15) is 18.0 Å². The molecule has 4 rings (SSSR count). The number of benzene rings is 4. The molecule has 0 aliphatic heterocycles. The van der Waals surface area contributed by atoms with Crippen molar-refractivity contribution in [1.82, 2.24) is 10.2 Å². The molecule has 0 heterocycles. The van der Waals surface area contributed by atoms with Gasteiger partial charge in [0.05, 0.1) is 17.7 Å². The van der Waals surface area contributed by atoms with Crippen molar-refractivity contribution >= 4 is 50.7 Å².